The van der Waals surface area contributed by atoms with Gasteiger partial charge in [-0.2, -0.15) is 0 Å². The van der Waals surface area contributed by atoms with Crippen molar-refractivity contribution in [1.82, 2.24) is 0 Å². The van der Waals surface area contributed by atoms with Crippen LogP contribution in [-0.2, 0) is 38.2 Å². The van der Waals surface area contributed by atoms with Gasteiger partial charge in [0.1, 0.15) is 23.0 Å². The van der Waals surface area contributed by atoms with Crippen LogP contribution in [0.4, 0.5) is 0 Å². The maximum Gasteiger partial charge on any atom is 0.311 e. The molecule has 402 valence electrons. The number of carbonyl (C=O) groups is 6. The van der Waals surface area contributed by atoms with Gasteiger partial charge in [-0.15, -0.1) is 0 Å². The number of hydrogen-bond acceptors (Lipinski definition) is 11. The van der Waals surface area contributed by atoms with E-state index in [0.717, 1.165) is 39.0 Å². The van der Waals surface area contributed by atoms with Gasteiger partial charge in [0.25, 0.3) is 0 Å². The first-order chi connectivity index (χ1) is 35.7. The molecule has 0 saturated carbocycles. The number of esters is 3. The molecule has 2 aromatic carbocycles. The number of carbonyl (C=O) groups excluding carboxylic acids is 6. The number of Topliss-reactive ketones (excluding diaryl/α,β-unsaturated/α-hetero) is 3. The lowest BCUT2D eigenvalue weighted by molar-refractivity contribution is -0.157. The molecule has 0 fully saturated rings. The van der Waals surface area contributed by atoms with E-state index in [-0.39, 0.29) is 59.9 Å². The van der Waals surface area contributed by atoms with E-state index in [1.807, 2.05) is 128 Å². The van der Waals surface area contributed by atoms with E-state index < -0.39 is 35.5 Å². The van der Waals surface area contributed by atoms with E-state index in [0.29, 0.717) is 35.3 Å². The Hall–Kier alpha value is -7.92. The first-order valence-electron chi connectivity index (χ1n) is 25.3. The lowest BCUT2D eigenvalue weighted by Gasteiger charge is -2.36. The number of aromatic hydroxyl groups is 2. The topological polar surface area (TPSA) is 171 Å². The normalized spacial score (nSPS) is 18.4. The van der Waals surface area contributed by atoms with E-state index in [2.05, 4.69) is 13.2 Å². The molecular formula is C65H76O11. The van der Waals surface area contributed by atoms with Crippen LogP contribution >= 0.6 is 0 Å². The van der Waals surface area contributed by atoms with Gasteiger partial charge < -0.3 is 29.2 Å². The molecule has 2 atom stereocenters. The Morgan fingerprint density at radius 2 is 1.00 bits per heavy atom. The third-order valence-corrected chi connectivity index (χ3v) is 12.5. The summed E-state index contributed by atoms with van der Waals surface area (Å²) < 4.78 is 16.3. The molecule has 2 N–H and O–H groups in total. The van der Waals surface area contributed by atoms with Gasteiger partial charge in [-0.3, -0.25) is 24.0 Å². The Labute approximate surface area is 450 Å². The SMILES string of the molecule is C=C/C(C)=C/C=C/C=C(C)/C=C/C=C(C)/C=C/C1=C(C)C(=O)C(OC(=O)CCC(=O)Oc2ccc(/C=C/c3cc(O)cc(O)c3)cc2)CC1(C)C.C=C/C=C(C)/C=C/C1=C(C)C(=O)C(OC(=O)CCC(C)=O)CC1(C)C. The van der Waals surface area contributed by atoms with Crippen molar-refractivity contribution in [3.05, 3.63) is 196 Å². The summed E-state index contributed by atoms with van der Waals surface area (Å²) in [6.45, 7) is 28.4. The molecule has 0 aromatic heterocycles. The van der Waals surface area contributed by atoms with Crippen molar-refractivity contribution in [3.63, 3.8) is 0 Å². The van der Waals surface area contributed by atoms with Gasteiger partial charge in [0.2, 0.25) is 0 Å². The fourth-order valence-electron chi connectivity index (χ4n) is 8.26. The molecule has 4 rings (SSSR count). The van der Waals surface area contributed by atoms with E-state index in [1.54, 1.807) is 62.4 Å². The first kappa shape index (κ1) is 62.4. The van der Waals surface area contributed by atoms with Crippen molar-refractivity contribution < 1.29 is 53.2 Å². The zero-order valence-corrected chi connectivity index (χ0v) is 46.2. The van der Waals surface area contributed by atoms with Gasteiger partial charge in [-0.05, 0) is 117 Å². The number of ketones is 3. The predicted molar refractivity (Wildman–Crippen MR) is 304 cm³/mol. The largest absolute Gasteiger partial charge is 0.508 e. The summed E-state index contributed by atoms with van der Waals surface area (Å²) in [5.74, 6) is -1.99. The molecule has 76 heavy (non-hydrogen) atoms. The molecule has 2 aliphatic rings. The fourth-order valence-corrected chi connectivity index (χ4v) is 8.26. The van der Waals surface area contributed by atoms with E-state index in [1.165, 1.54) is 25.1 Å². The minimum Gasteiger partial charge on any atom is -0.508 e. The molecule has 0 saturated heterocycles. The highest BCUT2D eigenvalue weighted by Gasteiger charge is 2.41. The van der Waals surface area contributed by atoms with Crippen LogP contribution in [0.1, 0.15) is 126 Å². The Balaban J connectivity index is 0.000000509. The Morgan fingerprint density at radius 3 is 1.49 bits per heavy atom. The van der Waals surface area contributed by atoms with Crippen molar-refractivity contribution in [2.24, 2.45) is 10.8 Å². The molecular weight excluding hydrogens is 957 g/mol. The van der Waals surface area contributed by atoms with Crippen LogP contribution < -0.4 is 4.74 Å². The number of ether oxygens (including phenoxy) is 3. The second-order valence-corrected chi connectivity index (χ2v) is 20.3. The molecule has 2 unspecified atom stereocenters. The Kier molecular flexibility index (Phi) is 24.5. The van der Waals surface area contributed by atoms with Crippen molar-refractivity contribution in [1.29, 1.82) is 0 Å². The average Bonchev–Trinajstić information content (AvgIpc) is 3.34. The average molecular weight is 1030 g/mol. The second kappa shape index (κ2) is 29.8. The Morgan fingerprint density at radius 1 is 0.566 bits per heavy atom. The molecule has 2 aromatic rings. The van der Waals surface area contributed by atoms with Crippen LogP contribution in [0.25, 0.3) is 12.2 Å². The van der Waals surface area contributed by atoms with E-state index in [4.69, 9.17) is 14.2 Å². The monoisotopic (exact) mass is 1030 g/mol. The first-order valence-corrected chi connectivity index (χ1v) is 25.3. The lowest BCUT2D eigenvalue weighted by atomic mass is 9.71. The quantitative estimate of drug-likeness (QED) is 0.0528. The molecule has 2 aliphatic carbocycles. The molecule has 0 heterocycles. The molecule has 0 amide bonds. The summed E-state index contributed by atoms with van der Waals surface area (Å²) in [4.78, 5) is 73.8. The summed E-state index contributed by atoms with van der Waals surface area (Å²) in [5, 5.41) is 19.2. The molecule has 0 aliphatic heterocycles. The smallest absolute Gasteiger partial charge is 0.311 e. The van der Waals surface area contributed by atoms with Crippen LogP contribution in [0.2, 0.25) is 0 Å². The highest BCUT2D eigenvalue weighted by atomic mass is 16.6. The highest BCUT2D eigenvalue weighted by molar-refractivity contribution is 6.02. The molecule has 0 bridgehead atoms. The van der Waals surface area contributed by atoms with Crippen LogP contribution in [0.3, 0.4) is 0 Å². The maximum atomic E-state index is 13.2. The van der Waals surface area contributed by atoms with Crippen molar-refractivity contribution in [3.8, 4) is 17.2 Å². The number of allylic oxidation sites excluding steroid dienone is 20. The summed E-state index contributed by atoms with van der Waals surface area (Å²) in [6.07, 6.45) is 29.5. The van der Waals surface area contributed by atoms with Gasteiger partial charge in [0.05, 0.1) is 19.3 Å². The number of rotatable bonds is 21. The molecule has 11 heteroatoms. The van der Waals surface area contributed by atoms with Crippen LogP contribution in [0.5, 0.6) is 17.2 Å². The molecule has 11 nitrogen and oxygen atoms in total. The maximum absolute atomic E-state index is 13.2. The number of phenols is 2. The molecule has 0 radical (unpaired) electrons. The number of hydrogen-bond donors (Lipinski definition) is 2. The van der Waals surface area contributed by atoms with E-state index >= 15 is 0 Å². The van der Waals surface area contributed by atoms with Gasteiger partial charge in [-0.25, -0.2) is 0 Å². The third kappa shape index (κ3) is 21.1. The van der Waals surface area contributed by atoms with E-state index in [9.17, 15) is 39.0 Å². The number of benzene rings is 2. The zero-order chi connectivity index (χ0) is 56.8. The minimum atomic E-state index is -0.926. The van der Waals surface area contributed by atoms with Crippen LogP contribution in [0, 0.1) is 10.8 Å². The van der Waals surface area contributed by atoms with Crippen LogP contribution in [-0.4, -0.2) is 57.7 Å². The highest BCUT2D eigenvalue weighted by Crippen LogP contribution is 2.42. The summed E-state index contributed by atoms with van der Waals surface area (Å²) in [5.41, 5.74) is 7.96. The van der Waals surface area contributed by atoms with Gasteiger partial charge in [0, 0.05) is 25.3 Å². The number of phenolic OH excluding ortho intramolecular Hbond substituents is 2. The summed E-state index contributed by atoms with van der Waals surface area (Å²) >= 11 is 0. The standard InChI is InChI=1S/C44H48O7.C21H28O4/c1-8-30(2)12-9-10-13-31(3)14-11-15-32(4)16-23-39-33(5)43(49)40(29-44(39,6)7)51-42(48)25-24-41(47)50-38-21-19-34(20-22-38)17-18-35-26-36(45)28-37(46)27-35;1-7-8-14(2)9-11-17-16(4)20(24)18(13-21(17,5)6)25-19(23)12-10-15(3)22/h8-23,26-28,40,45-46H,1,24-25,29H2,2-7H3;7-9,11,18H,1,10,12-13H2,2-6H3/b10-9+,14-11+,18-17+,23-16+,30-12+,31-13+,32-15+;11-9+,14-8+. The summed E-state index contributed by atoms with van der Waals surface area (Å²) in [7, 11) is 0. The van der Waals surface area contributed by atoms with Gasteiger partial charge in [0.15, 0.2) is 23.8 Å². The minimum absolute atomic E-state index is 0.0145. The zero-order valence-electron chi connectivity index (χ0n) is 46.2. The van der Waals surface area contributed by atoms with Crippen molar-refractivity contribution >= 4 is 47.4 Å². The van der Waals surface area contributed by atoms with Crippen molar-refractivity contribution in [2.45, 2.75) is 127 Å². The lowest BCUT2D eigenvalue weighted by Crippen LogP contribution is -2.39. The predicted octanol–water partition coefficient (Wildman–Crippen LogP) is 14.1. The fraction of sp³-hybridized carbons (Fsp3) is 0.323. The molecule has 0 spiro atoms. The van der Waals surface area contributed by atoms with Gasteiger partial charge in [-0.1, -0.05) is 172 Å². The third-order valence-electron chi connectivity index (χ3n) is 12.5. The summed E-state index contributed by atoms with van der Waals surface area (Å²) in [6, 6.07) is 11.0. The van der Waals surface area contributed by atoms with Crippen molar-refractivity contribution in [2.75, 3.05) is 0 Å². The van der Waals surface area contributed by atoms with Gasteiger partial charge >= 0.3 is 17.9 Å². The Bertz CT molecular complexity index is 2840. The second-order valence-electron chi connectivity index (χ2n) is 20.3. The van der Waals surface area contributed by atoms with Crippen LogP contribution in [0.15, 0.2) is 185 Å².